The maximum Gasteiger partial charge on any atom is 2.00 e. The zero-order valence-corrected chi connectivity index (χ0v) is 34.6. The second kappa shape index (κ2) is 17.5. The van der Waals surface area contributed by atoms with Gasteiger partial charge in [0.25, 0.3) is 0 Å². The van der Waals surface area contributed by atoms with Gasteiger partial charge in [-0.2, -0.15) is 22.9 Å². The van der Waals surface area contributed by atoms with Gasteiger partial charge in [-0.15, -0.1) is 71.8 Å². The molecule has 0 N–H and O–H groups in total. The average molecular weight is 1030 g/mol. The van der Waals surface area contributed by atoms with Gasteiger partial charge in [0, 0.05) is 23.0 Å². The van der Waals surface area contributed by atoms with Gasteiger partial charge in [0.1, 0.15) is 12.7 Å². The number of aromatic nitrogens is 6. The van der Waals surface area contributed by atoms with E-state index in [-0.39, 0.29) is 41.5 Å². The van der Waals surface area contributed by atoms with Gasteiger partial charge in [-0.25, -0.2) is 15.0 Å². The van der Waals surface area contributed by atoms with Crippen molar-refractivity contribution in [1.29, 1.82) is 0 Å². The van der Waals surface area contributed by atoms with Crippen molar-refractivity contribution in [2.45, 2.75) is 0 Å². The standard InChI is InChI=1S/C49H28N6O2.Pd.Pt/c1-3-11-33(12-4-1)43-19-9-21-45(53-43)35-15-7-17-37(27-35)56-39-23-25-41-42-26-24-40(30-48(42)55(47(41)29-39)49-51-31-50-32-52-49)57-38-18-8-16-36(28-38)46-22-10-20-44(54-46)34-13-5-2-6-14-34;;/h1-26,31-32H;;/q-4;2*+2. The van der Waals surface area contributed by atoms with Gasteiger partial charge in [-0.1, -0.05) is 108 Å². The number of hydrogen-bond acceptors (Lipinski definition) is 7. The van der Waals surface area contributed by atoms with E-state index in [2.05, 4.69) is 39.2 Å². The summed E-state index contributed by atoms with van der Waals surface area (Å²) in [5, 5.41) is 1.83. The number of rotatable bonds is 9. The van der Waals surface area contributed by atoms with Crippen LogP contribution in [0.5, 0.6) is 23.0 Å². The zero-order valence-electron chi connectivity index (χ0n) is 30.8. The predicted octanol–water partition coefficient (Wildman–Crippen LogP) is 11.2. The molecule has 0 spiro atoms. The smallest absolute Gasteiger partial charge is 0.503 e. The van der Waals surface area contributed by atoms with Crippen LogP contribution in [0.4, 0.5) is 0 Å². The van der Waals surface area contributed by atoms with E-state index in [4.69, 9.17) is 19.4 Å². The van der Waals surface area contributed by atoms with Crippen LogP contribution in [-0.4, -0.2) is 29.5 Å². The third-order valence-electron chi connectivity index (χ3n) is 9.38. The van der Waals surface area contributed by atoms with E-state index in [0.29, 0.717) is 40.0 Å². The van der Waals surface area contributed by atoms with Crippen LogP contribution in [0.2, 0.25) is 0 Å². The molecule has 10 heteroatoms. The molecule has 59 heavy (non-hydrogen) atoms. The van der Waals surface area contributed by atoms with Crippen molar-refractivity contribution in [3.63, 3.8) is 0 Å². The fourth-order valence-corrected chi connectivity index (χ4v) is 6.75. The molecule has 0 aliphatic carbocycles. The fraction of sp³-hybridized carbons (Fsp3) is 0. The largest absolute Gasteiger partial charge is 2.00 e. The summed E-state index contributed by atoms with van der Waals surface area (Å²) in [7, 11) is 0. The molecule has 0 fully saturated rings. The molecule has 4 aromatic heterocycles. The van der Waals surface area contributed by atoms with Gasteiger partial charge in [0.15, 0.2) is 0 Å². The third kappa shape index (κ3) is 8.23. The first-order valence-corrected chi connectivity index (χ1v) is 18.2. The van der Waals surface area contributed by atoms with Crippen LogP contribution in [0.3, 0.4) is 0 Å². The Kier molecular flexibility index (Phi) is 11.6. The van der Waals surface area contributed by atoms with Crippen molar-refractivity contribution in [3.8, 4) is 74.0 Å². The molecule has 0 radical (unpaired) electrons. The van der Waals surface area contributed by atoms with E-state index in [1.807, 2.05) is 162 Å². The SMILES string of the molecule is [Pd+2].[Pt+2].[c-]1c(Oc2[c-]c3c(cc2)c2ccc(Oc4[c-]c(-c5cccc(-c6ccccc6)n5)ccc4)[c-]c2n3-c2ncncn2)cccc1-c1cccc(-c2ccccc2)n1. The number of nitrogens with zero attached hydrogens (tertiary/aromatic N) is 6. The maximum atomic E-state index is 6.38. The molecule has 0 bridgehead atoms. The zero-order chi connectivity index (χ0) is 38.0. The minimum absolute atomic E-state index is 0. The van der Waals surface area contributed by atoms with Crippen molar-refractivity contribution >= 4 is 21.8 Å². The van der Waals surface area contributed by atoms with Gasteiger partial charge in [0.05, 0.1) is 11.4 Å². The van der Waals surface area contributed by atoms with Crippen LogP contribution in [-0.2, 0) is 41.5 Å². The third-order valence-corrected chi connectivity index (χ3v) is 9.38. The van der Waals surface area contributed by atoms with Gasteiger partial charge in [-0.05, 0) is 34.6 Å². The van der Waals surface area contributed by atoms with Gasteiger partial charge in [0.2, 0.25) is 5.95 Å². The minimum atomic E-state index is 0. The summed E-state index contributed by atoms with van der Waals surface area (Å²) in [4.78, 5) is 22.8. The van der Waals surface area contributed by atoms with Crippen molar-refractivity contribution in [2.24, 2.45) is 0 Å². The van der Waals surface area contributed by atoms with E-state index in [1.54, 1.807) is 0 Å². The van der Waals surface area contributed by atoms with Crippen molar-refractivity contribution in [3.05, 3.63) is 195 Å². The van der Waals surface area contributed by atoms with Crippen LogP contribution in [0, 0.1) is 24.3 Å². The van der Waals surface area contributed by atoms with Gasteiger partial charge < -0.3 is 14.0 Å². The molecular formula is C49H28N6O2PdPt. The monoisotopic (exact) mass is 1030 g/mol. The quantitative estimate of drug-likeness (QED) is 0.105. The molecule has 0 aliphatic rings. The molecule has 4 heterocycles. The molecule has 0 aliphatic heterocycles. The molecule has 10 rings (SSSR count). The fourth-order valence-electron chi connectivity index (χ4n) is 6.75. The summed E-state index contributed by atoms with van der Waals surface area (Å²) in [5.41, 5.74) is 8.48. The number of ether oxygens (including phenoxy) is 2. The van der Waals surface area contributed by atoms with E-state index in [0.717, 1.165) is 55.8 Å². The molecule has 286 valence electrons. The molecule has 0 saturated heterocycles. The van der Waals surface area contributed by atoms with E-state index in [1.165, 1.54) is 12.7 Å². The Morgan fingerprint density at radius 3 is 1.31 bits per heavy atom. The molecule has 0 saturated carbocycles. The molecular weight excluding hydrogens is 1010 g/mol. The topological polar surface area (TPSA) is 87.8 Å². The molecule has 10 aromatic rings. The Hall–Kier alpha value is -6.62. The van der Waals surface area contributed by atoms with E-state index in [9.17, 15) is 0 Å². The maximum absolute atomic E-state index is 6.38. The van der Waals surface area contributed by atoms with Gasteiger partial charge >= 0.3 is 41.5 Å². The predicted molar refractivity (Wildman–Crippen MR) is 220 cm³/mol. The summed E-state index contributed by atoms with van der Waals surface area (Å²) in [6.07, 6.45) is 2.92. The summed E-state index contributed by atoms with van der Waals surface area (Å²) >= 11 is 0. The Morgan fingerprint density at radius 2 is 0.831 bits per heavy atom. The first-order chi connectivity index (χ1) is 28.2. The number of fused-ring (bicyclic) bond motifs is 3. The summed E-state index contributed by atoms with van der Waals surface area (Å²) in [6, 6.07) is 65.2. The second-order valence-electron chi connectivity index (χ2n) is 13.1. The Bertz CT molecular complexity index is 2850. The Morgan fingerprint density at radius 1 is 0.407 bits per heavy atom. The normalized spacial score (nSPS) is 10.8. The Balaban J connectivity index is 0.00000242. The van der Waals surface area contributed by atoms with Crippen LogP contribution >= 0.6 is 0 Å². The molecule has 0 amide bonds. The first-order valence-electron chi connectivity index (χ1n) is 18.2. The number of benzene rings is 6. The van der Waals surface area contributed by atoms with Gasteiger partial charge in [-0.3, -0.25) is 9.97 Å². The number of hydrogen-bond donors (Lipinski definition) is 0. The van der Waals surface area contributed by atoms with Crippen LogP contribution in [0.15, 0.2) is 170 Å². The molecule has 0 atom stereocenters. The van der Waals surface area contributed by atoms with Crippen LogP contribution < -0.4 is 9.47 Å². The van der Waals surface area contributed by atoms with Crippen molar-refractivity contribution in [2.75, 3.05) is 0 Å². The van der Waals surface area contributed by atoms with E-state index >= 15 is 0 Å². The first kappa shape index (κ1) is 39.2. The number of pyridine rings is 2. The van der Waals surface area contributed by atoms with Crippen molar-refractivity contribution < 1.29 is 51.0 Å². The summed E-state index contributed by atoms with van der Waals surface area (Å²) < 4.78 is 14.6. The molecule has 0 unspecified atom stereocenters. The van der Waals surface area contributed by atoms with E-state index < -0.39 is 0 Å². The average Bonchev–Trinajstić information content (AvgIpc) is 3.60. The van der Waals surface area contributed by atoms with Crippen molar-refractivity contribution in [1.82, 2.24) is 29.5 Å². The molecule has 8 nitrogen and oxygen atoms in total. The second-order valence-corrected chi connectivity index (χ2v) is 13.1. The summed E-state index contributed by atoms with van der Waals surface area (Å²) in [5.74, 6) is 2.45. The molecule has 6 aromatic carbocycles. The van der Waals surface area contributed by atoms with Crippen LogP contribution in [0.1, 0.15) is 0 Å². The summed E-state index contributed by atoms with van der Waals surface area (Å²) in [6.45, 7) is 0. The minimum Gasteiger partial charge on any atom is -0.503 e. The Labute approximate surface area is 368 Å². The van der Waals surface area contributed by atoms with Crippen LogP contribution in [0.25, 0.3) is 72.8 Å².